The number of hydrogen-bond donors (Lipinski definition) is 2. The zero-order valence-corrected chi connectivity index (χ0v) is 17.0. The quantitative estimate of drug-likeness (QED) is 0.478. The fraction of sp³-hybridized carbons (Fsp3) is 0.261. The van der Waals surface area contributed by atoms with Crippen molar-refractivity contribution in [1.29, 1.82) is 5.26 Å². The Balaban J connectivity index is 1.55. The number of halogens is 3. The lowest BCUT2D eigenvalue weighted by Gasteiger charge is -2.16. The van der Waals surface area contributed by atoms with E-state index in [1.54, 1.807) is 36.4 Å². The predicted octanol–water partition coefficient (Wildman–Crippen LogP) is 6.18. The van der Waals surface area contributed by atoms with Gasteiger partial charge in [0.1, 0.15) is 23.2 Å². The maximum atomic E-state index is 13.5. The Morgan fingerprint density at radius 1 is 1.00 bits per heavy atom. The summed E-state index contributed by atoms with van der Waals surface area (Å²) in [7, 11) is 0. The van der Waals surface area contributed by atoms with Crippen LogP contribution >= 0.6 is 0 Å². The van der Waals surface area contributed by atoms with Crippen LogP contribution in [0.1, 0.15) is 36.8 Å². The molecule has 0 radical (unpaired) electrons. The van der Waals surface area contributed by atoms with Crippen molar-refractivity contribution in [2.45, 2.75) is 38.0 Å². The monoisotopic (exact) mass is 439 g/mol. The molecule has 2 aromatic carbocycles. The van der Waals surface area contributed by atoms with Crippen LogP contribution in [0.5, 0.6) is 5.75 Å². The number of nitrogens with one attached hydrogen (secondary N) is 2. The van der Waals surface area contributed by atoms with Crippen LogP contribution in [-0.2, 0) is 6.18 Å². The Morgan fingerprint density at radius 3 is 2.41 bits per heavy atom. The molecule has 164 valence electrons. The summed E-state index contributed by atoms with van der Waals surface area (Å²) in [6, 6.07) is 15.3. The van der Waals surface area contributed by atoms with E-state index in [1.165, 1.54) is 25.0 Å². The number of para-hydroxylation sites is 1. The molecule has 0 aliphatic heterocycles. The number of benzene rings is 2. The van der Waals surface area contributed by atoms with Gasteiger partial charge in [0.05, 0.1) is 17.4 Å². The van der Waals surface area contributed by atoms with Gasteiger partial charge in [-0.15, -0.1) is 0 Å². The summed E-state index contributed by atoms with van der Waals surface area (Å²) in [4.78, 5) is 7.83. The van der Waals surface area contributed by atoms with Gasteiger partial charge in [-0.2, -0.15) is 23.4 Å². The minimum Gasteiger partial charge on any atom is -0.490 e. The van der Waals surface area contributed by atoms with Crippen LogP contribution in [0.2, 0.25) is 0 Å². The van der Waals surface area contributed by atoms with Crippen LogP contribution in [0.4, 0.5) is 36.3 Å². The number of alkyl halides is 3. The maximum absolute atomic E-state index is 13.5. The number of rotatable bonds is 6. The van der Waals surface area contributed by atoms with Crippen LogP contribution in [0, 0.1) is 11.3 Å². The third-order valence-electron chi connectivity index (χ3n) is 5.11. The van der Waals surface area contributed by atoms with E-state index in [1.807, 2.05) is 6.07 Å². The highest BCUT2D eigenvalue weighted by molar-refractivity contribution is 5.67. The van der Waals surface area contributed by atoms with Crippen molar-refractivity contribution in [1.82, 2.24) is 9.97 Å². The molecule has 0 spiro atoms. The van der Waals surface area contributed by atoms with Gasteiger partial charge >= 0.3 is 6.18 Å². The van der Waals surface area contributed by atoms with Crippen molar-refractivity contribution in [3.05, 3.63) is 65.9 Å². The summed E-state index contributed by atoms with van der Waals surface area (Å²) >= 11 is 0. The number of hydrogen-bond acceptors (Lipinski definition) is 6. The van der Waals surface area contributed by atoms with E-state index in [9.17, 15) is 18.4 Å². The second-order valence-corrected chi connectivity index (χ2v) is 7.41. The smallest absolute Gasteiger partial charge is 0.421 e. The van der Waals surface area contributed by atoms with Gasteiger partial charge in [0, 0.05) is 11.9 Å². The highest BCUT2D eigenvalue weighted by atomic mass is 19.4. The molecule has 1 aliphatic rings. The maximum Gasteiger partial charge on any atom is 0.421 e. The molecule has 32 heavy (non-hydrogen) atoms. The average Bonchev–Trinajstić information content (AvgIpc) is 3.28. The van der Waals surface area contributed by atoms with Gasteiger partial charge in [-0.3, -0.25) is 0 Å². The fourth-order valence-electron chi connectivity index (χ4n) is 3.51. The molecule has 1 heterocycles. The van der Waals surface area contributed by atoms with Gasteiger partial charge in [0.15, 0.2) is 0 Å². The molecular formula is C23H20F3N5O. The van der Waals surface area contributed by atoms with E-state index in [2.05, 4.69) is 20.6 Å². The van der Waals surface area contributed by atoms with Crippen molar-refractivity contribution >= 4 is 23.1 Å². The van der Waals surface area contributed by atoms with E-state index in [0.717, 1.165) is 18.6 Å². The molecule has 0 unspecified atom stereocenters. The molecule has 0 amide bonds. The number of ether oxygens (including phenoxy) is 1. The van der Waals surface area contributed by atoms with Crippen molar-refractivity contribution in [3.8, 4) is 11.8 Å². The Kier molecular flexibility index (Phi) is 6.12. The van der Waals surface area contributed by atoms with Crippen LogP contribution in [0.3, 0.4) is 0 Å². The molecule has 9 heteroatoms. The predicted molar refractivity (Wildman–Crippen MR) is 114 cm³/mol. The molecule has 6 nitrogen and oxygen atoms in total. The van der Waals surface area contributed by atoms with Gasteiger partial charge in [-0.1, -0.05) is 12.1 Å². The topological polar surface area (TPSA) is 82.9 Å². The van der Waals surface area contributed by atoms with Crippen molar-refractivity contribution in [2.24, 2.45) is 0 Å². The van der Waals surface area contributed by atoms with Crippen LogP contribution in [0.25, 0.3) is 0 Å². The number of anilines is 4. The van der Waals surface area contributed by atoms with E-state index in [4.69, 9.17) is 4.74 Å². The fourth-order valence-corrected chi connectivity index (χ4v) is 3.51. The summed E-state index contributed by atoms with van der Waals surface area (Å²) in [5, 5.41) is 14.7. The molecule has 1 saturated carbocycles. The first-order valence-corrected chi connectivity index (χ1v) is 10.2. The Bertz CT molecular complexity index is 1120. The summed E-state index contributed by atoms with van der Waals surface area (Å²) in [6.45, 7) is 0. The molecule has 1 fully saturated rings. The molecular weight excluding hydrogens is 419 g/mol. The number of nitrogens with zero attached hydrogens (tertiary/aromatic N) is 3. The summed E-state index contributed by atoms with van der Waals surface area (Å²) < 4.78 is 46.4. The first-order valence-electron chi connectivity index (χ1n) is 10.2. The van der Waals surface area contributed by atoms with Crippen molar-refractivity contribution in [2.75, 3.05) is 10.6 Å². The van der Waals surface area contributed by atoms with Crippen molar-refractivity contribution < 1.29 is 17.9 Å². The molecule has 4 rings (SSSR count). The average molecular weight is 439 g/mol. The summed E-state index contributed by atoms with van der Waals surface area (Å²) in [5.74, 6) is 0.282. The molecule has 2 N–H and O–H groups in total. The van der Waals surface area contributed by atoms with Gasteiger partial charge < -0.3 is 15.4 Å². The molecule has 0 saturated heterocycles. The Hall–Kier alpha value is -3.80. The Labute approximate surface area is 183 Å². The molecule has 0 bridgehead atoms. The third kappa shape index (κ3) is 5.09. The molecule has 3 aromatic rings. The first kappa shape index (κ1) is 21.4. The highest BCUT2D eigenvalue weighted by Crippen LogP contribution is 2.36. The SMILES string of the molecule is N#Cc1ccccc1Nc1nc(Nc2ccc(OC3CCCC3)cc2)ncc1C(F)(F)F. The summed E-state index contributed by atoms with van der Waals surface area (Å²) in [6.07, 6.45) is 0.715. The second kappa shape index (κ2) is 9.14. The lowest BCUT2D eigenvalue weighted by atomic mass is 10.2. The van der Waals surface area contributed by atoms with Gasteiger partial charge in [0.2, 0.25) is 5.95 Å². The molecule has 1 aliphatic carbocycles. The standard InChI is InChI=1S/C23H20F3N5O/c24-23(25,26)19-14-28-22(31-21(19)30-20-8-4-1-5-15(20)13-27)29-16-9-11-18(12-10-16)32-17-6-2-3-7-17/h1,4-5,8-12,14,17H,2-3,6-7H2,(H2,28,29,30,31). The van der Waals surface area contributed by atoms with Gasteiger partial charge in [-0.25, -0.2) is 4.98 Å². The second-order valence-electron chi connectivity index (χ2n) is 7.41. The van der Waals surface area contributed by atoms with Crippen LogP contribution in [0.15, 0.2) is 54.7 Å². The van der Waals surface area contributed by atoms with E-state index in [0.29, 0.717) is 11.9 Å². The van der Waals surface area contributed by atoms with Gasteiger partial charge in [-0.05, 0) is 62.1 Å². The van der Waals surface area contributed by atoms with Gasteiger partial charge in [0.25, 0.3) is 0 Å². The minimum atomic E-state index is -4.67. The zero-order chi connectivity index (χ0) is 22.6. The van der Waals surface area contributed by atoms with Crippen molar-refractivity contribution in [3.63, 3.8) is 0 Å². The normalized spacial score (nSPS) is 14.1. The first-order chi connectivity index (χ1) is 15.4. The molecule has 0 atom stereocenters. The number of aromatic nitrogens is 2. The van der Waals surface area contributed by atoms with E-state index in [-0.39, 0.29) is 23.3 Å². The molecule has 1 aromatic heterocycles. The summed E-state index contributed by atoms with van der Waals surface area (Å²) in [5.41, 5.74) is -0.00632. The third-order valence-corrected chi connectivity index (χ3v) is 5.11. The minimum absolute atomic E-state index is 0.0144. The lowest BCUT2D eigenvalue weighted by Crippen LogP contribution is -2.13. The Morgan fingerprint density at radius 2 is 1.72 bits per heavy atom. The van der Waals surface area contributed by atoms with Crippen LogP contribution < -0.4 is 15.4 Å². The lowest BCUT2D eigenvalue weighted by molar-refractivity contribution is -0.137. The van der Waals surface area contributed by atoms with Crippen LogP contribution in [-0.4, -0.2) is 16.1 Å². The zero-order valence-electron chi connectivity index (χ0n) is 17.0. The van der Waals surface area contributed by atoms with E-state index < -0.39 is 17.6 Å². The largest absolute Gasteiger partial charge is 0.490 e. The number of nitriles is 1. The van der Waals surface area contributed by atoms with E-state index >= 15 is 0 Å². The highest BCUT2D eigenvalue weighted by Gasteiger charge is 2.35.